The van der Waals surface area contributed by atoms with Crippen LogP contribution >= 0.6 is 0 Å². The van der Waals surface area contributed by atoms with E-state index in [1.165, 1.54) is 30.3 Å². The van der Waals surface area contributed by atoms with Crippen molar-refractivity contribution in [2.75, 3.05) is 18.0 Å². The molecule has 25 heavy (non-hydrogen) atoms. The normalized spacial score (nSPS) is 14.7. The first-order chi connectivity index (χ1) is 11.8. The van der Waals surface area contributed by atoms with E-state index in [1.54, 1.807) is 11.0 Å². The molecule has 0 spiro atoms. The first-order valence-corrected chi connectivity index (χ1v) is 7.49. The second kappa shape index (κ2) is 6.13. The van der Waals surface area contributed by atoms with E-state index in [1.807, 2.05) is 6.07 Å². The minimum Gasteiger partial charge on any atom is -0.481 e. The van der Waals surface area contributed by atoms with Crippen molar-refractivity contribution in [1.82, 2.24) is 0 Å². The van der Waals surface area contributed by atoms with E-state index in [2.05, 4.69) is 0 Å². The number of halogens is 3. The Morgan fingerprint density at radius 3 is 2.48 bits per heavy atom. The SMILES string of the molecule is N#Cc1cc(-c2ccccc2C(F)(F)F)ccc1N1CC(C(=O)O)C1. The van der Waals surface area contributed by atoms with Gasteiger partial charge >= 0.3 is 12.1 Å². The fourth-order valence-electron chi connectivity index (χ4n) is 2.88. The summed E-state index contributed by atoms with van der Waals surface area (Å²) in [6, 6.07) is 11.7. The highest BCUT2D eigenvalue weighted by Gasteiger charge is 2.35. The van der Waals surface area contributed by atoms with Gasteiger partial charge in [-0.05, 0) is 29.3 Å². The summed E-state index contributed by atoms with van der Waals surface area (Å²) in [6.45, 7) is 0.561. The van der Waals surface area contributed by atoms with Gasteiger partial charge in [0, 0.05) is 13.1 Å². The van der Waals surface area contributed by atoms with Gasteiger partial charge in [0.05, 0.1) is 22.7 Å². The lowest BCUT2D eigenvalue weighted by Gasteiger charge is -2.39. The molecular weight excluding hydrogens is 333 g/mol. The molecule has 3 rings (SSSR count). The predicted molar refractivity (Wildman–Crippen MR) is 84.9 cm³/mol. The monoisotopic (exact) mass is 346 g/mol. The van der Waals surface area contributed by atoms with Crippen molar-refractivity contribution < 1.29 is 23.1 Å². The third kappa shape index (κ3) is 3.15. The number of carbonyl (C=O) groups is 1. The number of hydrogen-bond donors (Lipinski definition) is 1. The first-order valence-electron chi connectivity index (χ1n) is 7.49. The van der Waals surface area contributed by atoms with E-state index < -0.39 is 23.6 Å². The molecule has 0 aromatic heterocycles. The summed E-state index contributed by atoms with van der Waals surface area (Å²) >= 11 is 0. The van der Waals surface area contributed by atoms with Crippen molar-refractivity contribution in [2.45, 2.75) is 6.18 Å². The summed E-state index contributed by atoms with van der Waals surface area (Å²) < 4.78 is 39.5. The highest BCUT2D eigenvalue weighted by Crippen LogP contribution is 2.38. The smallest absolute Gasteiger partial charge is 0.417 e. The van der Waals surface area contributed by atoms with Crippen LogP contribution in [0, 0.1) is 17.2 Å². The quantitative estimate of drug-likeness (QED) is 0.919. The average molecular weight is 346 g/mol. The topological polar surface area (TPSA) is 64.3 Å². The van der Waals surface area contributed by atoms with Crippen LogP contribution in [0.25, 0.3) is 11.1 Å². The number of aliphatic carboxylic acids is 1. The van der Waals surface area contributed by atoms with Crippen molar-refractivity contribution in [1.29, 1.82) is 5.26 Å². The molecule has 0 saturated carbocycles. The molecule has 4 nitrogen and oxygen atoms in total. The highest BCUT2D eigenvalue weighted by molar-refractivity contribution is 5.78. The van der Waals surface area contributed by atoms with Crippen LogP contribution in [0.3, 0.4) is 0 Å². The van der Waals surface area contributed by atoms with E-state index in [0.717, 1.165) is 6.07 Å². The minimum absolute atomic E-state index is 0.00470. The molecule has 2 aromatic rings. The molecule has 1 saturated heterocycles. The number of carboxylic acids is 1. The third-order valence-electron chi connectivity index (χ3n) is 4.23. The summed E-state index contributed by atoms with van der Waals surface area (Å²) in [6.07, 6.45) is -4.49. The van der Waals surface area contributed by atoms with E-state index in [9.17, 15) is 23.2 Å². The lowest BCUT2D eigenvalue weighted by Crippen LogP contribution is -2.50. The highest BCUT2D eigenvalue weighted by atomic mass is 19.4. The van der Waals surface area contributed by atoms with Gasteiger partial charge in [0.15, 0.2) is 0 Å². The van der Waals surface area contributed by atoms with E-state index >= 15 is 0 Å². The lowest BCUT2D eigenvalue weighted by molar-refractivity contribution is -0.142. The van der Waals surface area contributed by atoms with Crippen molar-refractivity contribution in [3.63, 3.8) is 0 Å². The van der Waals surface area contributed by atoms with E-state index in [0.29, 0.717) is 11.3 Å². The van der Waals surface area contributed by atoms with Gasteiger partial charge in [0.2, 0.25) is 0 Å². The largest absolute Gasteiger partial charge is 0.481 e. The fourth-order valence-corrected chi connectivity index (χ4v) is 2.88. The number of carboxylic acid groups (broad SMARTS) is 1. The lowest BCUT2D eigenvalue weighted by atomic mass is 9.94. The van der Waals surface area contributed by atoms with Gasteiger partial charge in [-0.2, -0.15) is 18.4 Å². The average Bonchev–Trinajstić information content (AvgIpc) is 2.52. The molecule has 0 atom stereocenters. The molecule has 1 fully saturated rings. The second-order valence-corrected chi connectivity index (χ2v) is 5.83. The Morgan fingerprint density at radius 1 is 1.20 bits per heavy atom. The van der Waals surface area contributed by atoms with Gasteiger partial charge < -0.3 is 10.0 Å². The van der Waals surface area contributed by atoms with Crippen LogP contribution in [0.1, 0.15) is 11.1 Å². The van der Waals surface area contributed by atoms with E-state index in [-0.39, 0.29) is 24.2 Å². The first kappa shape index (κ1) is 16.8. The van der Waals surface area contributed by atoms with Crippen LogP contribution < -0.4 is 4.90 Å². The molecule has 0 unspecified atom stereocenters. The van der Waals surface area contributed by atoms with Crippen LogP contribution in [0.15, 0.2) is 42.5 Å². The zero-order valence-corrected chi connectivity index (χ0v) is 12.9. The summed E-state index contributed by atoms with van der Waals surface area (Å²) in [7, 11) is 0. The Balaban J connectivity index is 1.97. The Bertz CT molecular complexity index is 865. The fraction of sp³-hybridized carbons (Fsp3) is 0.222. The number of benzene rings is 2. The standard InChI is InChI=1S/C18H13F3N2O2/c19-18(20,21)15-4-2-1-3-14(15)11-5-6-16(12(7-11)8-22)23-9-13(10-23)17(24)25/h1-7,13H,9-10H2,(H,24,25). The molecule has 0 amide bonds. The molecule has 1 aliphatic rings. The molecular formula is C18H13F3N2O2. The number of nitrogens with zero attached hydrogens (tertiary/aromatic N) is 2. The molecule has 0 radical (unpaired) electrons. The van der Waals surface area contributed by atoms with Gasteiger partial charge in [0.1, 0.15) is 6.07 Å². The zero-order valence-electron chi connectivity index (χ0n) is 12.9. The Labute approximate surface area is 141 Å². The third-order valence-corrected chi connectivity index (χ3v) is 4.23. The molecule has 0 bridgehead atoms. The number of hydrogen-bond acceptors (Lipinski definition) is 3. The van der Waals surface area contributed by atoms with Gasteiger partial charge in [-0.1, -0.05) is 24.3 Å². The van der Waals surface area contributed by atoms with Crippen LogP contribution in [0.4, 0.5) is 18.9 Å². The molecule has 1 N–H and O–H groups in total. The summed E-state index contributed by atoms with van der Waals surface area (Å²) in [5, 5.41) is 18.3. The van der Waals surface area contributed by atoms with Crippen LogP contribution in [-0.2, 0) is 11.0 Å². The Kier molecular flexibility index (Phi) is 4.13. The van der Waals surface area contributed by atoms with Crippen molar-refractivity contribution in [3.8, 4) is 17.2 Å². The van der Waals surface area contributed by atoms with Crippen molar-refractivity contribution >= 4 is 11.7 Å². The maximum atomic E-state index is 13.2. The summed E-state index contributed by atoms with van der Waals surface area (Å²) in [5.74, 6) is -1.39. The van der Waals surface area contributed by atoms with E-state index in [4.69, 9.17) is 5.11 Å². The van der Waals surface area contributed by atoms with Gasteiger partial charge in [-0.15, -0.1) is 0 Å². The van der Waals surface area contributed by atoms with Crippen LogP contribution in [0.2, 0.25) is 0 Å². The van der Waals surface area contributed by atoms with Crippen LogP contribution in [0.5, 0.6) is 0 Å². The molecule has 2 aromatic carbocycles. The zero-order chi connectivity index (χ0) is 18.2. The molecule has 1 heterocycles. The van der Waals surface area contributed by atoms with Crippen molar-refractivity contribution in [3.05, 3.63) is 53.6 Å². The predicted octanol–water partition coefficient (Wildman–Crippen LogP) is 3.76. The second-order valence-electron chi connectivity index (χ2n) is 5.83. The molecule has 128 valence electrons. The van der Waals surface area contributed by atoms with Crippen molar-refractivity contribution in [2.24, 2.45) is 5.92 Å². The van der Waals surface area contributed by atoms with Gasteiger partial charge in [-0.25, -0.2) is 0 Å². The molecule has 7 heteroatoms. The maximum absolute atomic E-state index is 13.2. The molecule has 1 aliphatic heterocycles. The number of rotatable bonds is 3. The Morgan fingerprint density at radius 2 is 1.88 bits per heavy atom. The summed E-state index contributed by atoms with van der Waals surface area (Å²) in [5.41, 5.74) is 0.293. The molecule has 0 aliphatic carbocycles. The maximum Gasteiger partial charge on any atom is 0.417 e. The van der Waals surface area contributed by atoms with Gasteiger partial charge in [0.25, 0.3) is 0 Å². The van der Waals surface area contributed by atoms with Gasteiger partial charge in [-0.3, -0.25) is 4.79 Å². The number of nitriles is 1. The number of alkyl halides is 3. The minimum atomic E-state index is -4.49. The Hall–Kier alpha value is -3.01. The van der Waals surface area contributed by atoms with Crippen LogP contribution in [-0.4, -0.2) is 24.2 Å². The number of anilines is 1. The summed E-state index contributed by atoms with van der Waals surface area (Å²) in [4.78, 5) is 12.6.